The van der Waals surface area contributed by atoms with E-state index in [1.54, 1.807) is 0 Å². The van der Waals surface area contributed by atoms with E-state index < -0.39 is 0 Å². The van der Waals surface area contributed by atoms with Gasteiger partial charge in [0.2, 0.25) is 0 Å². The van der Waals surface area contributed by atoms with Crippen molar-refractivity contribution >= 4 is 44.7 Å². The van der Waals surface area contributed by atoms with Crippen LogP contribution >= 0.6 is 0 Å². The highest BCUT2D eigenvalue weighted by Crippen LogP contribution is 2.45. The molecule has 40 heavy (non-hydrogen) atoms. The molecule has 0 bridgehead atoms. The van der Waals surface area contributed by atoms with Gasteiger partial charge in [-0.1, -0.05) is 0 Å². The number of rotatable bonds is 6. The van der Waals surface area contributed by atoms with Gasteiger partial charge < -0.3 is 30.6 Å². The van der Waals surface area contributed by atoms with Gasteiger partial charge in [0.25, 0.3) is 0 Å². The van der Waals surface area contributed by atoms with Gasteiger partial charge in [0, 0.05) is 72.1 Å². The molecule has 8 rings (SSSR count). The zero-order valence-electron chi connectivity index (χ0n) is 22.4. The van der Waals surface area contributed by atoms with Gasteiger partial charge in [0.15, 0.2) is 0 Å². The number of aromatic nitrogens is 3. The summed E-state index contributed by atoms with van der Waals surface area (Å²) in [5.74, 6) is 0.881. The molecule has 202 valence electrons. The van der Waals surface area contributed by atoms with Crippen LogP contribution in [0.1, 0.15) is 12.8 Å². The molecule has 2 aliphatic heterocycles. The van der Waals surface area contributed by atoms with Crippen molar-refractivity contribution < 1.29 is 4.74 Å². The van der Waals surface area contributed by atoms with Crippen molar-refractivity contribution in [1.82, 2.24) is 20.3 Å². The lowest BCUT2D eigenvalue weighted by Gasteiger charge is -2.54. The Labute approximate surface area is 233 Å². The van der Waals surface area contributed by atoms with Crippen LogP contribution in [-0.4, -0.2) is 60.4 Å². The third kappa shape index (κ3) is 4.33. The van der Waals surface area contributed by atoms with Crippen LogP contribution < -0.4 is 20.9 Å². The third-order valence-corrected chi connectivity index (χ3v) is 8.75. The van der Waals surface area contributed by atoms with Gasteiger partial charge in [-0.25, -0.2) is 4.98 Å². The van der Waals surface area contributed by atoms with E-state index in [0.29, 0.717) is 11.5 Å². The lowest BCUT2D eigenvalue weighted by atomic mass is 9.61. The van der Waals surface area contributed by atoms with Crippen LogP contribution in [0, 0.1) is 5.41 Å². The summed E-state index contributed by atoms with van der Waals surface area (Å²) in [6.45, 7) is 5.72. The highest BCUT2D eigenvalue weighted by Gasteiger charge is 2.48. The minimum absolute atomic E-state index is 0.570. The maximum atomic E-state index is 5.53. The highest BCUT2D eigenvalue weighted by molar-refractivity contribution is 5.95. The number of benzene rings is 3. The number of pyridine rings is 1. The van der Waals surface area contributed by atoms with Gasteiger partial charge in [-0.3, -0.25) is 4.98 Å². The third-order valence-electron chi connectivity index (χ3n) is 8.75. The number of imidazole rings is 1. The van der Waals surface area contributed by atoms with Crippen LogP contribution in [0.4, 0.5) is 22.7 Å². The van der Waals surface area contributed by atoms with Crippen LogP contribution in [0.25, 0.3) is 33.3 Å². The van der Waals surface area contributed by atoms with Gasteiger partial charge in [-0.05, 0) is 85.0 Å². The van der Waals surface area contributed by atoms with Gasteiger partial charge in [0.1, 0.15) is 5.82 Å². The minimum atomic E-state index is 0.570. The number of ether oxygens (including phenoxy) is 1. The number of hydrogen-bond acceptors (Lipinski definition) is 7. The first-order chi connectivity index (χ1) is 19.7. The lowest BCUT2D eigenvalue weighted by Crippen LogP contribution is -2.63. The van der Waals surface area contributed by atoms with Crippen LogP contribution in [0.3, 0.4) is 0 Å². The van der Waals surface area contributed by atoms with E-state index in [1.165, 1.54) is 31.6 Å². The Morgan fingerprint density at radius 3 is 2.48 bits per heavy atom. The molecular formula is C32H33N7O. The fraction of sp³-hybridized carbons (Fsp3) is 0.312. The van der Waals surface area contributed by atoms with E-state index in [1.807, 2.05) is 12.3 Å². The van der Waals surface area contributed by atoms with Crippen molar-refractivity contribution in [3.63, 3.8) is 0 Å². The average molecular weight is 532 g/mol. The number of morpholine rings is 1. The van der Waals surface area contributed by atoms with E-state index >= 15 is 0 Å². The van der Waals surface area contributed by atoms with E-state index in [0.717, 1.165) is 76.7 Å². The minimum Gasteiger partial charge on any atom is -0.382 e. The standard InChI is InChI=1S/C32H33N7O/c1-3-22(36-28-9-10-34-27-8-6-25(16-26(27)28)39-11-13-40-14-12-39)4-2-21(1)31-37-29-7-5-23(15-30(29)38-31)35-24-17-32(18-24)19-33-20-32/h1-10,15-16,24,33,35H,11-14,17-20H2,(H,34,36)(H,37,38). The second-order valence-electron chi connectivity index (χ2n) is 11.5. The Hall–Kier alpha value is -4.14. The molecule has 3 aromatic carbocycles. The number of nitrogens with zero attached hydrogens (tertiary/aromatic N) is 3. The first-order valence-electron chi connectivity index (χ1n) is 14.3. The molecule has 8 heteroatoms. The molecule has 3 aliphatic rings. The van der Waals surface area contributed by atoms with Crippen LogP contribution in [-0.2, 0) is 4.74 Å². The van der Waals surface area contributed by atoms with Crippen molar-refractivity contribution in [1.29, 1.82) is 0 Å². The average Bonchev–Trinajstić information content (AvgIpc) is 3.38. The SMILES string of the molecule is c1cc(Nc2ccc(-c3nc4ccc(NC5CC6(CNC6)C5)cc4[nH]3)cc2)c2cc(N3CCOCC3)ccc2n1. The Morgan fingerprint density at radius 2 is 1.68 bits per heavy atom. The van der Waals surface area contributed by atoms with E-state index in [9.17, 15) is 0 Å². The Morgan fingerprint density at radius 1 is 0.875 bits per heavy atom. The molecule has 0 amide bonds. The monoisotopic (exact) mass is 531 g/mol. The fourth-order valence-corrected chi connectivity index (χ4v) is 6.46. The first-order valence-corrected chi connectivity index (χ1v) is 14.3. The molecule has 3 fully saturated rings. The summed E-state index contributed by atoms with van der Waals surface area (Å²) < 4.78 is 5.53. The van der Waals surface area contributed by atoms with Gasteiger partial charge >= 0.3 is 0 Å². The van der Waals surface area contributed by atoms with Crippen molar-refractivity contribution in [2.75, 3.05) is 54.9 Å². The largest absolute Gasteiger partial charge is 0.382 e. The van der Waals surface area contributed by atoms with E-state index in [2.05, 4.69) is 91.5 Å². The van der Waals surface area contributed by atoms with Crippen LogP contribution in [0.5, 0.6) is 0 Å². The predicted octanol–water partition coefficient (Wildman–Crippen LogP) is 5.52. The number of anilines is 4. The summed E-state index contributed by atoms with van der Waals surface area (Å²) in [5.41, 5.74) is 9.08. The molecule has 0 unspecified atom stereocenters. The number of fused-ring (bicyclic) bond motifs is 2. The molecule has 1 aliphatic carbocycles. The normalized spacial score (nSPS) is 18.6. The maximum absolute atomic E-state index is 5.53. The smallest absolute Gasteiger partial charge is 0.138 e. The number of H-pyrrole nitrogens is 1. The maximum Gasteiger partial charge on any atom is 0.138 e. The molecule has 5 aromatic rings. The van der Waals surface area contributed by atoms with Gasteiger partial charge in [0.05, 0.1) is 29.8 Å². The summed E-state index contributed by atoms with van der Waals surface area (Å²) in [6.07, 6.45) is 4.38. The Kier molecular flexibility index (Phi) is 5.63. The molecule has 2 aromatic heterocycles. The second kappa shape index (κ2) is 9.50. The molecule has 4 heterocycles. The molecule has 1 spiro atoms. The summed E-state index contributed by atoms with van der Waals surface area (Å²) in [5, 5.41) is 11.8. The van der Waals surface area contributed by atoms with Crippen LogP contribution in [0.2, 0.25) is 0 Å². The zero-order chi connectivity index (χ0) is 26.5. The lowest BCUT2D eigenvalue weighted by molar-refractivity contribution is 0.0470. The highest BCUT2D eigenvalue weighted by atomic mass is 16.5. The Bertz CT molecular complexity index is 1680. The van der Waals surface area contributed by atoms with Crippen LogP contribution in [0.15, 0.2) is 72.9 Å². The summed E-state index contributed by atoms with van der Waals surface area (Å²) in [7, 11) is 0. The first kappa shape index (κ1) is 23.7. The van der Waals surface area contributed by atoms with Gasteiger partial charge in [-0.15, -0.1) is 0 Å². The second-order valence-corrected chi connectivity index (χ2v) is 11.5. The van der Waals surface area contributed by atoms with Crippen molar-refractivity contribution in [3.05, 3.63) is 72.9 Å². The molecule has 0 radical (unpaired) electrons. The molecule has 1 saturated carbocycles. The Balaban J connectivity index is 0.991. The predicted molar refractivity (Wildman–Crippen MR) is 162 cm³/mol. The molecular weight excluding hydrogens is 498 g/mol. The van der Waals surface area contributed by atoms with E-state index in [4.69, 9.17) is 9.72 Å². The number of nitrogens with one attached hydrogen (secondary N) is 4. The number of aromatic amines is 1. The summed E-state index contributed by atoms with van der Waals surface area (Å²) in [4.78, 5) is 15.3. The molecule has 4 N–H and O–H groups in total. The van der Waals surface area contributed by atoms with E-state index in [-0.39, 0.29) is 0 Å². The van der Waals surface area contributed by atoms with Crippen molar-refractivity contribution in [2.24, 2.45) is 5.41 Å². The fourth-order valence-electron chi connectivity index (χ4n) is 6.46. The van der Waals surface area contributed by atoms with Gasteiger partial charge in [-0.2, -0.15) is 0 Å². The molecule has 8 nitrogen and oxygen atoms in total. The summed E-state index contributed by atoms with van der Waals surface area (Å²) in [6, 6.07) is 24.0. The van der Waals surface area contributed by atoms with Crippen molar-refractivity contribution in [3.8, 4) is 11.4 Å². The zero-order valence-corrected chi connectivity index (χ0v) is 22.4. The quantitative estimate of drug-likeness (QED) is 0.229. The molecule has 2 saturated heterocycles. The molecule has 0 atom stereocenters. The topological polar surface area (TPSA) is 90.1 Å². The van der Waals surface area contributed by atoms with Crippen molar-refractivity contribution in [2.45, 2.75) is 18.9 Å². The number of hydrogen-bond donors (Lipinski definition) is 4. The summed E-state index contributed by atoms with van der Waals surface area (Å²) >= 11 is 0.